The summed E-state index contributed by atoms with van der Waals surface area (Å²) in [6.07, 6.45) is 6.99. The largest absolute Gasteiger partial charge is 0.453 e. The molecule has 0 bridgehead atoms. The van der Waals surface area contributed by atoms with Crippen LogP contribution in [0.5, 0.6) is 0 Å². The van der Waals surface area contributed by atoms with E-state index < -0.39 is 11.7 Å². The maximum absolute atomic E-state index is 12.8. The highest BCUT2D eigenvalue weighted by atomic mass is 16.6. The van der Waals surface area contributed by atoms with Gasteiger partial charge in [0.15, 0.2) is 0 Å². The summed E-state index contributed by atoms with van der Waals surface area (Å²) in [5, 5.41) is 5.33. The molecule has 2 aliphatic heterocycles. The molecule has 11 heteroatoms. The van der Waals surface area contributed by atoms with Crippen molar-refractivity contribution < 1.29 is 19.1 Å². The summed E-state index contributed by atoms with van der Waals surface area (Å²) in [6, 6.07) is 21.7. The Morgan fingerprint density at radius 1 is 0.811 bits per heavy atom. The van der Waals surface area contributed by atoms with E-state index in [4.69, 9.17) is 14.5 Å². The van der Waals surface area contributed by atoms with Gasteiger partial charge >= 0.3 is 12.2 Å². The Morgan fingerprint density at radius 2 is 1.38 bits per heavy atom. The SMILES string of the molecule is COC(=O)NC(CN1CCCC1c1ncc(-c2ccc3cc(-c4ccc(-c5cnc(C6CCCN6C(=O)OC(C)(C)C)[nH]5)cc4)ccc3c2)[nH]1)C(C)C. The van der Waals surface area contributed by atoms with Crippen LogP contribution in [0.15, 0.2) is 73.1 Å². The van der Waals surface area contributed by atoms with Crippen molar-refractivity contribution in [3.05, 3.63) is 84.7 Å². The molecule has 278 valence electrons. The van der Waals surface area contributed by atoms with E-state index in [1.807, 2.05) is 33.2 Å². The van der Waals surface area contributed by atoms with Crippen LogP contribution in [0, 0.1) is 5.92 Å². The fraction of sp³-hybridized carbons (Fsp3) is 0.429. The first-order valence-electron chi connectivity index (χ1n) is 18.8. The van der Waals surface area contributed by atoms with Crippen LogP contribution in [-0.2, 0) is 9.47 Å². The van der Waals surface area contributed by atoms with E-state index in [2.05, 4.69) is 99.7 Å². The zero-order valence-corrected chi connectivity index (χ0v) is 31.6. The molecule has 5 aromatic rings. The number of rotatable bonds is 9. The third-order valence-electron chi connectivity index (χ3n) is 10.5. The molecule has 11 nitrogen and oxygen atoms in total. The number of fused-ring (bicyclic) bond motifs is 1. The van der Waals surface area contributed by atoms with E-state index in [0.717, 1.165) is 89.4 Å². The lowest BCUT2D eigenvalue weighted by Crippen LogP contribution is -2.46. The molecule has 2 saturated heterocycles. The minimum absolute atomic E-state index is 0.00737. The number of likely N-dealkylation sites (tertiary alicyclic amines) is 2. The fourth-order valence-electron chi connectivity index (χ4n) is 7.57. The monoisotopic (exact) mass is 717 g/mol. The summed E-state index contributed by atoms with van der Waals surface area (Å²) >= 11 is 0. The van der Waals surface area contributed by atoms with Gasteiger partial charge in [-0.1, -0.05) is 62.4 Å². The van der Waals surface area contributed by atoms with Gasteiger partial charge in [-0.25, -0.2) is 19.6 Å². The summed E-state index contributed by atoms with van der Waals surface area (Å²) < 4.78 is 10.5. The van der Waals surface area contributed by atoms with Crippen LogP contribution >= 0.6 is 0 Å². The standard InChI is InChI=1S/C42H51N7O4/c1-26(2)35(47-40(50)52-6)25-48-19-7-9-36(48)38-43-24-34(46-38)32-18-17-30-21-29(15-16-31(30)22-32)27-11-13-28(14-12-27)33-23-44-39(45-33)37-10-8-20-49(37)41(51)53-42(3,4)5/h11-18,21-24,26,35-37H,7-10,19-20,25H2,1-6H3,(H,43,46)(H,44,45)(H,47,50). The maximum atomic E-state index is 12.8. The highest BCUT2D eigenvalue weighted by molar-refractivity contribution is 5.90. The molecule has 3 aromatic carbocycles. The average Bonchev–Trinajstić information content (AvgIpc) is 3.97. The smallest absolute Gasteiger partial charge is 0.410 e. The van der Waals surface area contributed by atoms with E-state index in [-0.39, 0.29) is 30.1 Å². The predicted octanol–water partition coefficient (Wildman–Crippen LogP) is 8.88. The molecule has 2 fully saturated rings. The number of carbonyl (C=O) groups is 2. The molecule has 3 N–H and O–H groups in total. The number of hydrogen-bond acceptors (Lipinski definition) is 7. The molecule has 53 heavy (non-hydrogen) atoms. The quantitative estimate of drug-likeness (QED) is 0.139. The Bertz CT molecular complexity index is 2060. The van der Waals surface area contributed by atoms with Crippen molar-refractivity contribution in [2.75, 3.05) is 26.7 Å². The van der Waals surface area contributed by atoms with E-state index in [9.17, 15) is 9.59 Å². The highest BCUT2D eigenvalue weighted by Crippen LogP contribution is 2.35. The predicted molar refractivity (Wildman–Crippen MR) is 207 cm³/mol. The molecule has 2 amide bonds. The van der Waals surface area contributed by atoms with Crippen molar-refractivity contribution in [1.29, 1.82) is 0 Å². The van der Waals surface area contributed by atoms with Gasteiger partial charge in [-0.2, -0.15) is 0 Å². The number of hydrogen-bond donors (Lipinski definition) is 3. The molecule has 2 aromatic heterocycles. The van der Waals surface area contributed by atoms with E-state index in [0.29, 0.717) is 6.54 Å². The van der Waals surface area contributed by atoms with E-state index >= 15 is 0 Å². The van der Waals surface area contributed by atoms with Crippen LogP contribution in [0.1, 0.15) is 84.0 Å². The zero-order chi connectivity index (χ0) is 37.3. The van der Waals surface area contributed by atoms with Crippen LogP contribution in [0.2, 0.25) is 0 Å². The molecular weight excluding hydrogens is 667 g/mol. The van der Waals surface area contributed by atoms with Gasteiger partial charge in [0.2, 0.25) is 0 Å². The zero-order valence-electron chi connectivity index (χ0n) is 31.6. The van der Waals surface area contributed by atoms with Crippen molar-refractivity contribution >= 4 is 23.0 Å². The number of imidazole rings is 2. The molecular formula is C42H51N7O4. The molecule has 4 heterocycles. The van der Waals surface area contributed by atoms with Gasteiger partial charge in [0, 0.05) is 24.7 Å². The summed E-state index contributed by atoms with van der Waals surface area (Å²) in [6.45, 7) is 12.3. The van der Waals surface area contributed by atoms with Crippen LogP contribution in [0.3, 0.4) is 0 Å². The third kappa shape index (κ3) is 8.10. The lowest BCUT2D eigenvalue weighted by atomic mass is 9.98. The lowest BCUT2D eigenvalue weighted by molar-refractivity contribution is 0.0218. The maximum Gasteiger partial charge on any atom is 0.410 e. The van der Waals surface area contributed by atoms with Crippen LogP contribution < -0.4 is 5.32 Å². The van der Waals surface area contributed by atoms with Crippen molar-refractivity contribution in [2.24, 2.45) is 5.92 Å². The van der Waals surface area contributed by atoms with Gasteiger partial charge in [-0.15, -0.1) is 0 Å². The number of ether oxygens (including phenoxy) is 2. The van der Waals surface area contributed by atoms with Crippen LogP contribution in [-0.4, -0.2) is 80.3 Å². The number of H-pyrrole nitrogens is 2. The number of methoxy groups -OCH3 is 1. The number of carbonyl (C=O) groups excluding carboxylic acids is 2. The topological polar surface area (TPSA) is 128 Å². The average molecular weight is 718 g/mol. The summed E-state index contributed by atoms with van der Waals surface area (Å²) in [5.74, 6) is 2.03. The summed E-state index contributed by atoms with van der Waals surface area (Å²) in [5.41, 5.74) is 5.79. The molecule has 0 radical (unpaired) electrons. The fourth-order valence-corrected chi connectivity index (χ4v) is 7.57. The van der Waals surface area contributed by atoms with Crippen molar-refractivity contribution in [1.82, 2.24) is 35.1 Å². The van der Waals surface area contributed by atoms with Gasteiger partial charge < -0.3 is 24.8 Å². The van der Waals surface area contributed by atoms with Gasteiger partial charge in [0.05, 0.1) is 43.0 Å². The Kier molecular flexibility index (Phi) is 10.3. The second kappa shape index (κ2) is 15.1. The lowest BCUT2D eigenvalue weighted by Gasteiger charge is -2.30. The Labute approximate surface area is 311 Å². The van der Waals surface area contributed by atoms with Crippen molar-refractivity contribution in [3.8, 4) is 33.6 Å². The molecule has 7 rings (SSSR count). The second-order valence-electron chi connectivity index (χ2n) is 15.7. The van der Waals surface area contributed by atoms with Gasteiger partial charge in [0.25, 0.3) is 0 Å². The number of nitrogens with one attached hydrogen (secondary N) is 3. The highest BCUT2D eigenvalue weighted by Gasteiger charge is 2.35. The molecule has 0 spiro atoms. The molecule has 0 aliphatic carbocycles. The van der Waals surface area contributed by atoms with Crippen LogP contribution in [0.25, 0.3) is 44.4 Å². The molecule has 2 aliphatic rings. The Balaban J connectivity index is 1.02. The minimum atomic E-state index is -0.538. The van der Waals surface area contributed by atoms with E-state index in [1.54, 1.807) is 4.90 Å². The number of nitrogens with zero attached hydrogens (tertiary/aromatic N) is 4. The summed E-state index contributed by atoms with van der Waals surface area (Å²) in [4.78, 5) is 45.6. The molecule has 0 saturated carbocycles. The van der Waals surface area contributed by atoms with Crippen molar-refractivity contribution in [3.63, 3.8) is 0 Å². The first-order valence-corrected chi connectivity index (χ1v) is 18.8. The minimum Gasteiger partial charge on any atom is -0.453 e. The number of aromatic amines is 2. The van der Waals surface area contributed by atoms with Gasteiger partial charge in [0.1, 0.15) is 17.2 Å². The number of amides is 2. The number of benzene rings is 3. The molecule has 3 atom stereocenters. The number of alkyl carbamates (subject to hydrolysis) is 1. The number of aromatic nitrogens is 4. The first-order chi connectivity index (χ1) is 25.5. The van der Waals surface area contributed by atoms with Gasteiger partial charge in [-0.05, 0) is 98.5 Å². The normalized spacial score (nSPS) is 18.5. The Hall–Kier alpha value is -5.16. The van der Waals surface area contributed by atoms with Crippen LogP contribution in [0.4, 0.5) is 9.59 Å². The van der Waals surface area contributed by atoms with Crippen molar-refractivity contribution in [2.45, 2.75) is 84.0 Å². The first kappa shape index (κ1) is 36.2. The summed E-state index contributed by atoms with van der Waals surface area (Å²) in [7, 11) is 1.40. The molecule has 3 unspecified atom stereocenters. The van der Waals surface area contributed by atoms with E-state index in [1.165, 1.54) is 12.5 Å². The van der Waals surface area contributed by atoms with Gasteiger partial charge in [-0.3, -0.25) is 9.80 Å². The second-order valence-corrected chi connectivity index (χ2v) is 15.7. The Morgan fingerprint density at radius 3 is 2.04 bits per heavy atom. The third-order valence-corrected chi connectivity index (χ3v) is 10.5.